The van der Waals surface area contributed by atoms with E-state index in [1.54, 1.807) is 0 Å². The zero-order chi connectivity index (χ0) is 9.57. The smallest absolute Gasteiger partial charge is 0.333 e. The Morgan fingerprint density at radius 3 is 1.92 bits per heavy atom. The minimum absolute atomic E-state index is 0.120. The van der Waals surface area contributed by atoms with Crippen LogP contribution in [-0.4, -0.2) is 22.3 Å². The van der Waals surface area contributed by atoms with Crippen LogP contribution in [0.3, 0.4) is 0 Å². The Kier molecular flexibility index (Phi) is 1.95. The summed E-state index contributed by atoms with van der Waals surface area (Å²) in [6.07, 6.45) is 0.450. The van der Waals surface area contributed by atoms with Crippen LogP contribution in [0.25, 0.3) is 0 Å². The van der Waals surface area contributed by atoms with Gasteiger partial charge in [-0.15, -0.1) is 0 Å². The number of carbonyl (C=O) groups is 1. The predicted molar refractivity (Wildman–Crippen MR) is 44.8 cm³/mol. The van der Waals surface area contributed by atoms with E-state index in [0.717, 1.165) is 12.8 Å². The molecular weight excluding hydrogens is 156 g/mol. The van der Waals surface area contributed by atoms with Gasteiger partial charge < -0.3 is 10.2 Å². The lowest BCUT2D eigenvalue weighted by atomic mass is 9.74. The van der Waals surface area contributed by atoms with Gasteiger partial charge in [0.1, 0.15) is 0 Å². The van der Waals surface area contributed by atoms with E-state index in [4.69, 9.17) is 5.11 Å². The van der Waals surface area contributed by atoms with Crippen molar-refractivity contribution in [3.8, 4) is 0 Å². The van der Waals surface area contributed by atoms with Crippen LogP contribution in [0.1, 0.15) is 33.6 Å². The number of hydrogen-bond donors (Lipinski definition) is 2. The fraction of sp³-hybridized carbons (Fsp3) is 0.889. The van der Waals surface area contributed by atoms with Crippen molar-refractivity contribution in [1.29, 1.82) is 0 Å². The highest BCUT2D eigenvalue weighted by molar-refractivity contribution is 5.74. The molecule has 0 radical (unpaired) electrons. The van der Waals surface area contributed by atoms with Crippen molar-refractivity contribution in [2.45, 2.75) is 39.7 Å². The Labute approximate surface area is 72.4 Å². The first kappa shape index (κ1) is 9.52. The zero-order valence-electron chi connectivity index (χ0n) is 7.79. The van der Waals surface area contributed by atoms with Gasteiger partial charge in [0.2, 0.25) is 0 Å². The van der Waals surface area contributed by atoms with Crippen LogP contribution in [0.5, 0.6) is 0 Å². The number of aliphatic hydroxyl groups excluding tert-OH is 1. The van der Waals surface area contributed by atoms with Crippen molar-refractivity contribution < 1.29 is 15.0 Å². The molecule has 0 saturated heterocycles. The number of carboxylic acids is 1. The summed E-state index contributed by atoms with van der Waals surface area (Å²) in [6.45, 7) is 5.94. The third-order valence-corrected chi connectivity index (χ3v) is 3.04. The van der Waals surface area contributed by atoms with E-state index in [-0.39, 0.29) is 10.8 Å². The third kappa shape index (κ3) is 1.22. The second kappa shape index (κ2) is 2.46. The van der Waals surface area contributed by atoms with Gasteiger partial charge in [-0.05, 0) is 18.3 Å². The molecule has 0 aromatic carbocycles. The monoisotopic (exact) mass is 172 g/mol. The predicted octanol–water partition coefficient (Wildman–Crippen LogP) is 1.26. The lowest BCUT2D eigenvalue weighted by Crippen LogP contribution is -2.39. The van der Waals surface area contributed by atoms with Crippen LogP contribution in [0, 0.1) is 10.8 Å². The van der Waals surface area contributed by atoms with E-state index in [0.29, 0.717) is 0 Å². The maximum Gasteiger partial charge on any atom is 0.333 e. The minimum atomic E-state index is -1.20. The SMILES string of the molecule is CC(C)(C)C1(C(O)C(=O)O)CC1. The van der Waals surface area contributed by atoms with Gasteiger partial charge in [0.15, 0.2) is 6.10 Å². The average molecular weight is 172 g/mol. The maximum atomic E-state index is 10.6. The molecule has 1 unspecified atom stereocenters. The summed E-state index contributed by atoms with van der Waals surface area (Å²) in [7, 11) is 0. The Bertz CT molecular complexity index is 198. The average Bonchev–Trinajstić information content (AvgIpc) is 2.62. The highest BCUT2D eigenvalue weighted by Crippen LogP contribution is 2.60. The number of aliphatic carboxylic acids is 1. The number of aliphatic hydroxyl groups is 1. The van der Waals surface area contributed by atoms with Crippen molar-refractivity contribution in [1.82, 2.24) is 0 Å². The molecule has 1 atom stereocenters. The highest BCUT2D eigenvalue weighted by atomic mass is 16.4. The molecule has 70 valence electrons. The topological polar surface area (TPSA) is 57.5 Å². The molecule has 0 aromatic rings. The van der Waals surface area contributed by atoms with Crippen LogP contribution < -0.4 is 0 Å². The quantitative estimate of drug-likeness (QED) is 0.659. The summed E-state index contributed by atoms with van der Waals surface area (Å²) in [5.74, 6) is -1.09. The molecule has 0 aliphatic heterocycles. The van der Waals surface area contributed by atoms with E-state index >= 15 is 0 Å². The first-order chi connectivity index (χ1) is 5.31. The molecule has 1 rings (SSSR count). The molecular formula is C9H16O3. The summed E-state index contributed by atoms with van der Waals surface area (Å²) >= 11 is 0. The summed E-state index contributed by atoms with van der Waals surface area (Å²) in [5, 5.41) is 18.1. The number of carboxylic acid groups (broad SMARTS) is 1. The molecule has 2 N–H and O–H groups in total. The Morgan fingerprint density at radius 2 is 1.83 bits per heavy atom. The van der Waals surface area contributed by atoms with Crippen molar-refractivity contribution in [2.24, 2.45) is 10.8 Å². The van der Waals surface area contributed by atoms with E-state index in [1.165, 1.54) is 0 Å². The lowest BCUT2D eigenvalue weighted by molar-refractivity contribution is -0.154. The van der Waals surface area contributed by atoms with Crippen LogP contribution in [0.4, 0.5) is 0 Å². The van der Waals surface area contributed by atoms with Gasteiger partial charge in [-0.2, -0.15) is 0 Å². The summed E-state index contributed by atoms with van der Waals surface area (Å²) < 4.78 is 0. The first-order valence-electron chi connectivity index (χ1n) is 4.22. The second-order valence-corrected chi connectivity index (χ2v) is 4.65. The molecule has 1 fully saturated rings. The number of hydrogen-bond acceptors (Lipinski definition) is 2. The Hall–Kier alpha value is -0.570. The number of rotatable bonds is 2. The molecule has 3 nitrogen and oxygen atoms in total. The normalized spacial score (nSPS) is 23.3. The molecule has 12 heavy (non-hydrogen) atoms. The molecule has 0 aromatic heterocycles. The molecule has 0 amide bonds. The summed E-state index contributed by atoms with van der Waals surface area (Å²) in [6, 6.07) is 0. The molecule has 0 bridgehead atoms. The minimum Gasteiger partial charge on any atom is -0.479 e. The molecule has 0 heterocycles. The molecule has 1 aliphatic carbocycles. The van der Waals surface area contributed by atoms with Gasteiger partial charge in [0, 0.05) is 5.41 Å². The van der Waals surface area contributed by atoms with Gasteiger partial charge in [0.25, 0.3) is 0 Å². The van der Waals surface area contributed by atoms with E-state index in [9.17, 15) is 9.90 Å². The van der Waals surface area contributed by atoms with Crippen molar-refractivity contribution in [3.05, 3.63) is 0 Å². The van der Waals surface area contributed by atoms with Crippen LogP contribution in [0.15, 0.2) is 0 Å². The van der Waals surface area contributed by atoms with Gasteiger partial charge in [-0.25, -0.2) is 4.79 Å². The molecule has 3 heteroatoms. The lowest BCUT2D eigenvalue weighted by Gasteiger charge is -2.32. The zero-order valence-corrected chi connectivity index (χ0v) is 7.79. The van der Waals surface area contributed by atoms with E-state index in [1.807, 2.05) is 20.8 Å². The van der Waals surface area contributed by atoms with E-state index in [2.05, 4.69) is 0 Å². The van der Waals surface area contributed by atoms with Crippen LogP contribution >= 0.6 is 0 Å². The van der Waals surface area contributed by atoms with Crippen molar-refractivity contribution in [2.75, 3.05) is 0 Å². The molecule has 0 spiro atoms. The van der Waals surface area contributed by atoms with Crippen LogP contribution in [0.2, 0.25) is 0 Å². The first-order valence-corrected chi connectivity index (χ1v) is 4.22. The van der Waals surface area contributed by atoms with Crippen molar-refractivity contribution in [3.63, 3.8) is 0 Å². The fourth-order valence-electron chi connectivity index (χ4n) is 1.80. The second-order valence-electron chi connectivity index (χ2n) is 4.65. The Balaban J connectivity index is 2.80. The largest absolute Gasteiger partial charge is 0.479 e. The van der Waals surface area contributed by atoms with Crippen LogP contribution in [-0.2, 0) is 4.79 Å². The summed E-state index contributed by atoms with van der Waals surface area (Å²) in [5.41, 5.74) is -0.496. The van der Waals surface area contributed by atoms with E-state index < -0.39 is 12.1 Å². The van der Waals surface area contributed by atoms with Gasteiger partial charge in [-0.1, -0.05) is 20.8 Å². The standard InChI is InChI=1S/C9H16O3/c1-8(2,3)9(4-5-9)6(10)7(11)12/h6,10H,4-5H2,1-3H3,(H,11,12). The highest BCUT2D eigenvalue weighted by Gasteiger charge is 2.59. The summed E-state index contributed by atoms with van der Waals surface area (Å²) in [4.78, 5) is 10.6. The molecule has 1 saturated carbocycles. The Morgan fingerprint density at radius 1 is 1.42 bits per heavy atom. The van der Waals surface area contributed by atoms with Gasteiger partial charge in [0.05, 0.1) is 0 Å². The third-order valence-electron chi connectivity index (χ3n) is 3.04. The maximum absolute atomic E-state index is 10.6. The van der Waals surface area contributed by atoms with Gasteiger partial charge in [-0.3, -0.25) is 0 Å². The van der Waals surface area contributed by atoms with Crippen molar-refractivity contribution >= 4 is 5.97 Å². The fourth-order valence-corrected chi connectivity index (χ4v) is 1.80. The molecule has 1 aliphatic rings. The van der Waals surface area contributed by atoms with Gasteiger partial charge >= 0.3 is 5.97 Å².